The van der Waals surface area contributed by atoms with E-state index in [0.717, 1.165) is 12.8 Å². The molecule has 0 amide bonds. The summed E-state index contributed by atoms with van der Waals surface area (Å²) < 4.78 is 0. The molecule has 0 aliphatic heterocycles. The van der Waals surface area contributed by atoms with Gasteiger partial charge >= 0.3 is 0 Å². The fraction of sp³-hybridized carbons (Fsp3) is 0.571. The average Bonchev–Trinajstić information content (AvgIpc) is 1.80. The molecule has 0 fully saturated rings. The van der Waals surface area contributed by atoms with Crippen LogP contribution in [0.1, 0.15) is 19.8 Å². The summed E-state index contributed by atoms with van der Waals surface area (Å²) in [6, 6.07) is 0. The molecule has 0 spiro atoms. The van der Waals surface area contributed by atoms with Crippen molar-refractivity contribution in [3.63, 3.8) is 0 Å². The van der Waals surface area contributed by atoms with Crippen molar-refractivity contribution in [1.82, 2.24) is 0 Å². The highest BCUT2D eigenvalue weighted by atomic mass is 17.2. The SMILES string of the molecule is [CH2]C(=C)OOCCCC. The van der Waals surface area contributed by atoms with Crippen LogP contribution in [-0.2, 0) is 9.78 Å². The summed E-state index contributed by atoms with van der Waals surface area (Å²) >= 11 is 0. The third-order valence-corrected chi connectivity index (χ3v) is 0.758. The molecule has 0 aromatic carbocycles. The highest BCUT2D eigenvalue weighted by Gasteiger charge is 1.86. The van der Waals surface area contributed by atoms with Gasteiger partial charge in [-0.2, -0.15) is 4.89 Å². The first-order chi connectivity index (χ1) is 4.27. The minimum absolute atomic E-state index is 0.353. The van der Waals surface area contributed by atoms with E-state index in [1.165, 1.54) is 0 Å². The normalized spacial score (nSPS) is 9.11. The molecule has 0 saturated heterocycles. The quantitative estimate of drug-likeness (QED) is 0.245. The predicted octanol–water partition coefficient (Wildman–Crippen LogP) is 2.08. The van der Waals surface area contributed by atoms with Crippen LogP contribution in [0.25, 0.3) is 0 Å². The fourth-order valence-corrected chi connectivity index (χ4v) is 0.328. The molecule has 0 atom stereocenters. The zero-order chi connectivity index (χ0) is 7.11. The summed E-state index contributed by atoms with van der Waals surface area (Å²) in [5.74, 6) is 0.353. The Morgan fingerprint density at radius 1 is 1.56 bits per heavy atom. The van der Waals surface area contributed by atoms with Crippen LogP contribution < -0.4 is 0 Å². The molecule has 0 N–H and O–H groups in total. The van der Waals surface area contributed by atoms with Gasteiger partial charge in [-0.25, -0.2) is 0 Å². The van der Waals surface area contributed by atoms with Gasteiger partial charge in [-0.1, -0.05) is 19.9 Å². The summed E-state index contributed by atoms with van der Waals surface area (Å²) in [6.07, 6.45) is 2.11. The van der Waals surface area contributed by atoms with Crippen molar-refractivity contribution in [2.75, 3.05) is 6.61 Å². The van der Waals surface area contributed by atoms with E-state index in [2.05, 4.69) is 30.2 Å². The van der Waals surface area contributed by atoms with Gasteiger partial charge in [0, 0.05) is 6.92 Å². The third kappa shape index (κ3) is 7.50. The van der Waals surface area contributed by atoms with Gasteiger partial charge in [0.25, 0.3) is 0 Å². The molecule has 0 aliphatic carbocycles. The van der Waals surface area contributed by atoms with Crippen LogP contribution in [0.2, 0.25) is 0 Å². The average molecular weight is 129 g/mol. The zero-order valence-electron chi connectivity index (χ0n) is 5.85. The lowest BCUT2D eigenvalue weighted by Gasteiger charge is -2.00. The number of allylic oxidation sites excluding steroid dienone is 1. The van der Waals surface area contributed by atoms with Crippen LogP contribution in [0.15, 0.2) is 12.3 Å². The molecular formula is C7H13O2. The van der Waals surface area contributed by atoms with Crippen LogP contribution in [0.5, 0.6) is 0 Å². The maximum Gasteiger partial charge on any atom is 0.135 e. The van der Waals surface area contributed by atoms with Gasteiger partial charge < -0.3 is 4.89 Å². The van der Waals surface area contributed by atoms with Gasteiger partial charge in [0.1, 0.15) is 5.76 Å². The number of hydrogen-bond donors (Lipinski definition) is 0. The lowest BCUT2D eigenvalue weighted by Crippen LogP contribution is -1.93. The first-order valence-electron chi connectivity index (χ1n) is 3.07. The molecule has 2 heteroatoms. The second kappa shape index (κ2) is 5.63. The van der Waals surface area contributed by atoms with E-state index in [-0.39, 0.29) is 0 Å². The predicted molar refractivity (Wildman–Crippen MR) is 36.4 cm³/mol. The number of hydrogen-bond acceptors (Lipinski definition) is 2. The van der Waals surface area contributed by atoms with Crippen LogP contribution >= 0.6 is 0 Å². The van der Waals surface area contributed by atoms with Crippen molar-refractivity contribution < 1.29 is 9.78 Å². The molecule has 0 aliphatic rings. The van der Waals surface area contributed by atoms with Crippen LogP contribution in [0.4, 0.5) is 0 Å². The van der Waals surface area contributed by atoms with Crippen molar-refractivity contribution >= 4 is 0 Å². The van der Waals surface area contributed by atoms with E-state index in [1.807, 2.05) is 0 Å². The number of rotatable bonds is 5. The smallest absolute Gasteiger partial charge is 0.135 e. The molecule has 0 heterocycles. The second-order valence-corrected chi connectivity index (χ2v) is 1.80. The Hall–Kier alpha value is -0.500. The second-order valence-electron chi connectivity index (χ2n) is 1.80. The summed E-state index contributed by atoms with van der Waals surface area (Å²) in [7, 11) is 0. The van der Waals surface area contributed by atoms with E-state index in [9.17, 15) is 0 Å². The third-order valence-electron chi connectivity index (χ3n) is 0.758. The Bertz CT molecular complexity index is 79.0. The summed E-state index contributed by atoms with van der Waals surface area (Å²) in [4.78, 5) is 9.21. The topological polar surface area (TPSA) is 18.5 Å². The largest absolute Gasteiger partial charge is 0.343 e. The van der Waals surface area contributed by atoms with Crippen molar-refractivity contribution in [1.29, 1.82) is 0 Å². The van der Waals surface area contributed by atoms with Gasteiger partial charge in [-0.05, 0) is 6.42 Å². The molecule has 1 radical (unpaired) electrons. The number of unbranched alkanes of at least 4 members (excludes halogenated alkanes) is 1. The molecule has 0 unspecified atom stereocenters. The van der Waals surface area contributed by atoms with Gasteiger partial charge in [-0.3, -0.25) is 0 Å². The summed E-state index contributed by atoms with van der Waals surface area (Å²) in [5.41, 5.74) is 0. The molecule has 0 bridgehead atoms. The molecule has 0 saturated carbocycles. The highest BCUT2D eigenvalue weighted by molar-refractivity contribution is 4.82. The summed E-state index contributed by atoms with van der Waals surface area (Å²) in [5, 5.41) is 0. The van der Waals surface area contributed by atoms with Crippen molar-refractivity contribution in [2.24, 2.45) is 0 Å². The molecule has 0 aromatic heterocycles. The van der Waals surface area contributed by atoms with E-state index < -0.39 is 0 Å². The first kappa shape index (κ1) is 8.50. The molecule has 2 nitrogen and oxygen atoms in total. The lowest BCUT2D eigenvalue weighted by molar-refractivity contribution is -0.258. The van der Waals surface area contributed by atoms with Crippen LogP contribution in [0.3, 0.4) is 0 Å². The van der Waals surface area contributed by atoms with Crippen molar-refractivity contribution in [3.8, 4) is 0 Å². The van der Waals surface area contributed by atoms with Gasteiger partial charge in [-0.15, -0.1) is 0 Å². The monoisotopic (exact) mass is 129 g/mol. The Morgan fingerprint density at radius 3 is 2.67 bits per heavy atom. The lowest BCUT2D eigenvalue weighted by atomic mass is 10.4. The van der Waals surface area contributed by atoms with E-state index in [4.69, 9.17) is 0 Å². The maximum atomic E-state index is 4.67. The van der Waals surface area contributed by atoms with Gasteiger partial charge in [0.05, 0.1) is 6.61 Å². The Labute approximate surface area is 56.4 Å². The van der Waals surface area contributed by atoms with E-state index >= 15 is 0 Å². The standard InChI is InChI=1S/C7H13O2/c1-4-5-6-8-9-7(2)3/h2-6H2,1H3. The molecule has 9 heavy (non-hydrogen) atoms. The molecule has 0 rings (SSSR count). The summed E-state index contributed by atoms with van der Waals surface area (Å²) in [6.45, 7) is 9.49. The fourth-order valence-electron chi connectivity index (χ4n) is 0.328. The van der Waals surface area contributed by atoms with Crippen molar-refractivity contribution in [3.05, 3.63) is 19.3 Å². The Morgan fingerprint density at radius 2 is 2.22 bits per heavy atom. The first-order valence-corrected chi connectivity index (χ1v) is 3.07. The Kier molecular flexibility index (Phi) is 5.32. The molecule has 53 valence electrons. The maximum absolute atomic E-state index is 4.67. The highest BCUT2D eigenvalue weighted by Crippen LogP contribution is 1.93. The Balaban J connectivity index is 2.83. The minimum atomic E-state index is 0.353. The van der Waals surface area contributed by atoms with Gasteiger partial charge in [0.2, 0.25) is 0 Å². The molecule has 0 aromatic rings. The minimum Gasteiger partial charge on any atom is -0.343 e. The van der Waals surface area contributed by atoms with Crippen molar-refractivity contribution in [2.45, 2.75) is 19.8 Å². The van der Waals surface area contributed by atoms with Gasteiger partial charge in [0.15, 0.2) is 0 Å². The zero-order valence-corrected chi connectivity index (χ0v) is 5.85. The van der Waals surface area contributed by atoms with Crippen LogP contribution in [0, 0.1) is 6.92 Å². The van der Waals surface area contributed by atoms with E-state index in [0.29, 0.717) is 12.4 Å². The van der Waals surface area contributed by atoms with E-state index in [1.54, 1.807) is 0 Å². The van der Waals surface area contributed by atoms with Crippen LogP contribution in [-0.4, -0.2) is 6.61 Å². The molecular weight excluding hydrogens is 116 g/mol.